The van der Waals surface area contributed by atoms with Crippen LogP contribution in [0.1, 0.15) is 49.5 Å². The van der Waals surface area contributed by atoms with Crippen molar-refractivity contribution in [2.75, 3.05) is 26.2 Å². The van der Waals surface area contributed by atoms with Crippen molar-refractivity contribution in [3.63, 3.8) is 0 Å². The molecule has 1 atom stereocenters. The van der Waals surface area contributed by atoms with Crippen LogP contribution < -0.4 is 0 Å². The molecule has 0 radical (unpaired) electrons. The van der Waals surface area contributed by atoms with Crippen LogP contribution in [0.3, 0.4) is 0 Å². The number of rotatable bonds is 5. The molecule has 24 heavy (non-hydrogen) atoms. The predicted molar refractivity (Wildman–Crippen MR) is 95.6 cm³/mol. The largest absolute Gasteiger partial charge is 0.338 e. The van der Waals surface area contributed by atoms with E-state index >= 15 is 0 Å². The van der Waals surface area contributed by atoms with E-state index in [1.54, 1.807) is 18.2 Å². The second kappa shape index (κ2) is 7.66. The van der Waals surface area contributed by atoms with Crippen LogP contribution in [-0.2, 0) is 10.0 Å². The molecule has 1 aliphatic heterocycles. The Morgan fingerprint density at radius 1 is 1.29 bits per heavy atom. The van der Waals surface area contributed by atoms with Crippen molar-refractivity contribution >= 4 is 15.9 Å². The minimum Gasteiger partial charge on any atom is -0.338 e. The Kier molecular flexibility index (Phi) is 6.04. The van der Waals surface area contributed by atoms with E-state index in [2.05, 4.69) is 6.92 Å². The zero-order valence-corrected chi connectivity index (χ0v) is 15.9. The van der Waals surface area contributed by atoms with E-state index in [1.165, 1.54) is 4.31 Å². The molecule has 0 aromatic heterocycles. The normalized spacial score (nSPS) is 18.9. The van der Waals surface area contributed by atoms with Gasteiger partial charge in [-0.3, -0.25) is 4.79 Å². The summed E-state index contributed by atoms with van der Waals surface area (Å²) >= 11 is 0. The summed E-state index contributed by atoms with van der Waals surface area (Å²) in [7, 11) is -3.55. The van der Waals surface area contributed by atoms with Crippen LogP contribution >= 0.6 is 0 Å². The molecule has 0 N–H and O–H groups in total. The van der Waals surface area contributed by atoms with E-state index in [-0.39, 0.29) is 10.8 Å². The molecule has 1 unspecified atom stereocenters. The Labute approximate surface area is 145 Å². The first kappa shape index (κ1) is 18.9. The predicted octanol–water partition coefficient (Wildman–Crippen LogP) is 2.90. The van der Waals surface area contributed by atoms with Crippen molar-refractivity contribution in [3.05, 3.63) is 29.3 Å². The summed E-state index contributed by atoms with van der Waals surface area (Å²) < 4.78 is 26.8. The fraction of sp³-hybridized carbons (Fsp3) is 0.611. The third-order valence-corrected chi connectivity index (χ3v) is 6.77. The molecule has 1 aromatic carbocycles. The van der Waals surface area contributed by atoms with Gasteiger partial charge < -0.3 is 4.90 Å². The van der Waals surface area contributed by atoms with Gasteiger partial charge in [0.1, 0.15) is 0 Å². The Morgan fingerprint density at radius 3 is 2.54 bits per heavy atom. The molecule has 1 saturated heterocycles. The minimum absolute atomic E-state index is 0.0596. The third-order valence-electron chi connectivity index (χ3n) is 4.73. The molecule has 2 rings (SSSR count). The zero-order chi connectivity index (χ0) is 17.9. The number of carbonyl (C=O) groups is 1. The van der Waals surface area contributed by atoms with Crippen LogP contribution in [0.2, 0.25) is 0 Å². The highest BCUT2D eigenvalue weighted by Crippen LogP contribution is 2.23. The first-order valence-electron chi connectivity index (χ1n) is 8.71. The number of hydrogen-bond acceptors (Lipinski definition) is 3. The molecular formula is C18H28N2O3S. The molecule has 1 fully saturated rings. The van der Waals surface area contributed by atoms with Crippen molar-refractivity contribution < 1.29 is 13.2 Å². The number of likely N-dealkylation sites (tertiary alicyclic amines) is 1. The van der Waals surface area contributed by atoms with Crippen molar-refractivity contribution in [3.8, 4) is 0 Å². The van der Waals surface area contributed by atoms with Gasteiger partial charge in [-0.1, -0.05) is 26.8 Å². The Hall–Kier alpha value is -1.40. The standard InChI is InChI=1S/C18H28N2O3S/c1-5-20(6-2)24(22,23)16-10-9-15(4)17(12-16)18(21)19-11-7-8-14(3)13-19/h9-10,12,14H,5-8,11,13H2,1-4H3. The number of piperidine rings is 1. The Balaban J connectivity index is 2.37. The Morgan fingerprint density at radius 2 is 1.96 bits per heavy atom. The van der Waals surface area contributed by atoms with E-state index < -0.39 is 10.0 Å². The second-order valence-electron chi connectivity index (χ2n) is 6.56. The second-order valence-corrected chi connectivity index (χ2v) is 8.50. The maximum absolute atomic E-state index is 12.9. The van der Waals surface area contributed by atoms with Gasteiger partial charge in [-0.2, -0.15) is 4.31 Å². The fourth-order valence-corrected chi connectivity index (χ4v) is 4.73. The van der Waals surface area contributed by atoms with Gasteiger partial charge in [0.15, 0.2) is 0 Å². The first-order chi connectivity index (χ1) is 11.3. The molecule has 1 aromatic rings. The van der Waals surface area contributed by atoms with Gasteiger partial charge in [-0.25, -0.2) is 8.42 Å². The molecule has 5 nitrogen and oxygen atoms in total. The molecule has 1 heterocycles. The highest BCUT2D eigenvalue weighted by Gasteiger charge is 2.26. The smallest absolute Gasteiger partial charge is 0.254 e. The number of amides is 1. The van der Waals surface area contributed by atoms with Gasteiger partial charge in [-0.15, -0.1) is 0 Å². The number of aryl methyl sites for hydroxylation is 1. The van der Waals surface area contributed by atoms with Crippen LogP contribution in [0.4, 0.5) is 0 Å². The van der Waals surface area contributed by atoms with Crippen molar-refractivity contribution in [2.24, 2.45) is 5.92 Å². The molecule has 1 aliphatic rings. The summed E-state index contributed by atoms with van der Waals surface area (Å²) in [5.74, 6) is 0.432. The number of nitrogens with zero attached hydrogens (tertiary/aromatic N) is 2. The number of carbonyl (C=O) groups excluding carboxylic acids is 1. The molecule has 0 spiro atoms. The average molecular weight is 353 g/mol. The number of hydrogen-bond donors (Lipinski definition) is 0. The van der Waals surface area contributed by atoms with Gasteiger partial charge in [0, 0.05) is 31.7 Å². The zero-order valence-electron chi connectivity index (χ0n) is 15.1. The lowest BCUT2D eigenvalue weighted by Gasteiger charge is -2.31. The van der Waals surface area contributed by atoms with Gasteiger partial charge in [0.05, 0.1) is 4.90 Å². The molecule has 6 heteroatoms. The summed E-state index contributed by atoms with van der Waals surface area (Å²) in [6.07, 6.45) is 2.14. The quantitative estimate of drug-likeness (QED) is 0.819. The van der Waals surface area contributed by atoms with Crippen molar-refractivity contribution in [1.29, 1.82) is 0 Å². The maximum atomic E-state index is 12.9. The highest BCUT2D eigenvalue weighted by atomic mass is 32.2. The third kappa shape index (κ3) is 3.81. The molecule has 0 saturated carbocycles. The van der Waals surface area contributed by atoms with Crippen molar-refractivity contribution in [1.82, 2.24) is 9.21 Å². The van der Waals surface area contributed by atoms with Gasteiger partial charge in [-0.05, 0) is 43.4 Å². The number of sulfonamides is 1. The van der Waals surface area contributed by atoms with Crippen molar-refractivity contribution in [2.45, 2.75) is 45.4 Å². The molecule has 1 amide bonds. The van der Waals surface area contributed by atoms with Crippen LogP contribution in [0, 0.1) is 12.8 Å². The molecular weight excluding hydrogens is 324 g/mol. The van der Waals surface area contributed by atoms with E-state index in [1.807, 2.05) is 25.7 Å². The van der Waals surface area contributed by atoms with E-state index in [9.17, 15) is 13.2 Å². The molecule has 134 valence electrons. The Bertz CT molecular complexity index is 696. The number of benzene rings is 1. The summed E-state index contributed by atoms with van der Waals surface area (Å²) in [6.45, 7) is 9.95. The summed E-state index contributed by atoms with van der Waals surface area (Å²) in [5, 5.41) is 0. The van der Waals surface area contributed by atoms with E-state index in [0.717, 1.165) is 31.5 Å². The summed E-state index contributed by atoms with van der Waals surface area (Å²) in [5.41, 5.74) is 1.31. The van der Waals surface area contributed by atoms with E-state index in [0.29, 0.717) is 24.6 Å². The minimum atomic E-state index is -3.55. The summed E-state index contributed by atoms with van der Waals surface area (Å²) in [4.78, 5) is 14.9. The lowest BCUT2D eigenvalue weighted by Crippen LogP contribution is -2.39. The molecule has 0 bridgehead atoms. The van der Waals surface area contributed by atoms with Crippen LogP contribution in [0.5, 0.6) is 0 Å². The molecule has 0 aliphatic carbocycles. The van der Waals surface area contributed by atoms with Gasteiger partial charge in [0.2, 0.25) is 10.0 Å². The monoisotopic (exact) mass is 352 g/mol. The van der Waals surface area contributed by atoms with Crippen LogP contribution in [0.25, 0.3) is 0 Å². The first-order valence-corrected chi connectivity index (χ1v) is 10.1. The van der Waals surface area contributed by atoms with Gasteiger partial charge >= 0.3 is 0 Å². The van der Waals surface area contributed by atoms with Crippen LogP contribution in [-0.4, -0.2) is 49.7 Å². The maximum Gasteiger partial charge on any atom is 0.254 e. The van der Waals surface area contributed by atoms with Crippen LogP contribution in [0.15, 0.2) is 23.1 Å². The fourth-order valence-electron chi connectivity index (χ4n) is 3.25. The van der Waals surface area contributed by atoms with Gasteiger partial charge in [0.25, 0.3) is 5.91 Å². The highest BCUT2D eigenvalue weighted by molar-refractivity contribution is 7.89. The average Bonchev–Trinajstić information content (AvgIpc) is 2.55. The SMILES string of the molecule is CCN(CC)S(=O)(=O)c1ccc(C)c(C(=O)N2CCCC(C)C2)c1. The van der Waals surface area contributed by atoms with E-state index in [4.69, 9.17) is 0 Å². The summed E-state index contributed by atoms with van der Waals surface area (Å²) in [6, 6.07) is 4.88. The topological polar surface area (TPSA) is 57.7 Å². The lowest BCUT2D eigenvalue weighted by molar-refractivity contribution is 0.0682. The lowest BCUT2D eigenvalue weighted by atomic mass is 9.99.